The molecule has 1 saturated heterocycles. The monoisotopic (exact) mass is 203 g/mol. The van der Waals surface area contributed by atoms with Gasteiger partial charge in [-0.3, -0.25) is 4.90 Å². The van der Waals surface area contributed by atoms with E-state index in [0.29, 0.717) is 12.6 Å². The maximum absolute atomic E-state index is 13.9. The Morgan fingerprint density at radius 1 is 1.21 bits per heavy atom. The van der Waals surface area contributed by atoms with E-state index < -0.39 is 5.67 Å². The summed E-state index contributed by atoms with van der Waals surface area (Å²) in [4.78, 5) is 2.15. The van der Waals surface area contributed by atoms with Crippen LogP contribution in [0, 0.1) is 0 Å². The minimum absolute atomic E-state index is 0.198. The first-order chi connectivity index (χ1) is 6.22. The third kappa shape index (κ3) is 3.21. The van der Waals surface area contributed by atoms with Crippen LogP contribution in [0.5, 0.6) is 0 Å². The van der Waals surface area contributed by atoms with E-state index in [9.17, 15) is 4.39 Å². The van der Waals surface area contributed by atoms with Gasteiger partial charge in [0.05, 0.1) is 12.2 Å². The zero-order valence-corrected chi connectivity index (χ0v) is 9.93. The molecule has 0 N–H and O–H groups in total. The fourth-order valence-electron chi connectivity index (χ4n) is 1.77. The summed E-state index contributed by atoms with van der Waals surface area (Å²) in [6.45, 7) is 11.3. The summed E-state index contributed by atoms with van der Waals surface area (Å²) in [5.41, 5.74) is -1.47. The van der Waals surface area contributed by atoms with Crippen LogP contribution in [-0.2, 0) is 4.74 Å². The SMILES string of the molecule is CC(C)N1CC(C)(C)OC[C@](C)(F)C1. The predicted octanol–water partition coefficient (Wildman–Crippen LogP) is 2.23. The molecule has 0 aromatic heterocycles. The largest absolute Gasteiger partial charge is 0.371 e. The Morgan fingerprint density at radius 2 is 1.79 bits per heavy atom. The predicted molar refractivity (Wildman–Crippen MR) is 56.3 cm³/mol. The van der Waals surface area contributed by atoms with Crippen molar-refractivity contribution in [1.82, 2.24) is 4.90 Å². The Kier molecular flexibility index (Phi) is 3.22. The van der Waals surface area contributed by atoms with Crippen LogP contribution in [0.4, 0.5) is 4.39 Å². The number of rotatable bonds is 1. The number of ether oxygens (including phenoxy) is 1. The fourth-order valence-corrected chi connectivity index (χ4v) is 1.77. The average Bonchev–Trinajstić information content (AvgIpc) is 2.08. The summed E-state index contributed by atoms with van der Waals surface area (Å²) >= 11 is 0. The van der Waals surface area contributed by atoms with Crippen LogP contribution in [0.3, 0.4) is 0 Å². The first kappa shape index (κ1) is 11.9. The van der Waals surface area contributed by atoms with Gasteiger partial charge in [-0.25, -0.2) is 4.39 Å². The summed E-state index contributed by atoms with van der Waals surface area (Å²) in [6.07, 6.45) is 0. The molecule has 1 aliphatic heterocycles. The van der Waals surface area contributed by atoms with Crippen LogP contribution in [0.15, 0.2) is 0 Å². The Hall–Kier alpha value is -0.150. The van der Waals surface area contributed by atoms with E-state index in [4.69, 9.17) is 4.74 Å². The molecule has 0 saturated carbocycles. The van der Waals surface area contributed by atoms with E-state index in [1.165, 1.54) is 0 Å². The molecule has 0 spiro atoms. The molecule has 1 atom stereocenters. The molecule has 84 valence electrons. The lowest BCUT2D eigenvalue weighted by molar-refractivity contribution is -0.0473. The Labute approximate surface area is 86.4 Å². The molecule has 1 rings (SSSR count). The van der Waals surface area contributed by atoms with Crippen molar-refractivity contribution in [2.45, 2.75) is 51.9 Å². The molecular weight excluding hydrogens is 181 g/mol. The first-order valence-electron chi connectivity index (χ1n) is 5.29. The number of alkyl halides is 1. The van der Waals surface area contributed by atoms with Gasteiger partial charge >= 0.3 is 0 Å². The van der Waals surface area contributed by atoms with Gasteiger partial charge in [0.2, 0.25) is 0 Å². The lowest BCUT2D eigenvalue weighted by atomic mass is 10.1. The topological polar surface area (TPSA) is 12.5 Å². The van der Waals surface area contributed by atoms with E-state index in [2.05, 4.69) is 18.7 Å². The summed E-state index contributed by atoms with van der Waals surface area (Å²) in [5.74, 6) is 0. The second-order valence-corrected chi connectivity index (χ2v) is 5.46. The van der Waals surface area contributed by atoms with Crippen LogP contribution in [0.25, 0.3) is 0 Å². The number of halogens is 1. The minimum Gasteiger partial charge on any atom is -0.371 e. The molecule has 0 unspecified atom stereocenters. The van der Waals surface area contributed by atoms with E-state index in [-0.39, 0.29) is 12.2 Å². The van der Waals surface area contributed by atoms with Gasteiger partial charge in [0.1, 0.15) is 5.67 Å². The van der Waals surface area contributed by atoms with Gasteiger partial charge in [-0.1, -0.05) is 0 Å². The highest BCUT2D eigenvalue weighted by Crippen LogP contribution is 2.25. The normalized spacial score (nSPS) is 34.5. The zero-order chi connectivity index (χ0) is 11.0. The van der Waals surface area contributed by atoms with Crippen molar-refractivity contribution < 1.29 is 9.13 Å². The van der Waals surface area contributed by atoms with E-state index >= 15 is 0 Å². The minimum atomic E-state index is -1.22. The van der Waals surface area contributed by atoms with Crippen molar-refractivity contribution in [3.8, 4) is 0 Å². The third-order valence-electron chi connectivity index (χ3n) is 2.61. The summed E-state index contributed by atoms with van der Waals surface area (Å²) < 4.78 is 19.5. The van der Waals surface area contributed by atoms with Crippen molar-refractivity contribution >= 4 is 0 Å². The quantitative estimate of drug-likeness (QED) is 0.648. The van der Waals surface area contributed by atoms with Crippen molar-refractivity contribution in [2.24, 2.45) is 0 Å². The molecule has 0 aliphatic carbocycles. The number of hydrogen-bond acceptors (Lipinski definition) is 2. The van der Waals surface area contributed by atoms with Crippen LogP contribution in [-0.4, -0.2) is 41.9 Å². The van der Waals surface area contributed by atoms with Gasteiger partial charge < -0.3 is 4.74 Å². The van der Waals surface area contributed by atoms with Gasteiger partial charge in [-0.05, 0) is 34.6 Å². The van der Waals surface area contributed by atoms with Crippen molar-refractivity contribution in [3.05, 3.63) is 0 Å². The highest BCUT2D eigenvalue weighted by atomic mass is 19.1. The molecule has 0 aromatic carbocycles. The van der Waals surface area contributed by atoms with Crippen molar-refractivity contribution in [3.63, 3.8) is 0 Å². The standard InChI is InChI=1S/C11H22FNO/c1-9(2)13-6-10(3,4)14-8-11(5,12)7-13/h9H,6-8H2,1-5H3/t11-/m1/s1. The Morgan fingerprint density at radius 3 is 2.29 bits per heavy atom. The summed E-state index contributed by atoms with van der Waals surface area (Å²) in [5, 5.41) is 0. The van der Waals surface area contributed by atoms with Gasteiger partial charge in [-0.2, -0.15) is 0 Å². The van der Waals surface area contributed by atoms with E-state index in [1.54, 1.807) is 6.92 Å². The Bertz CT molecular complexity index is 183. The van der Waals surface area contributed by atoms with Crippen LogP contribution < -0.4 is 0 Å². The molecule has 0 aromatic rings. The molecule has 0 amide bonds. The molecular formula is C11H22FNO. The molecule has 1 fully saturated rings. The van der Waals surface area contributed by atoms with Crippen LogP contribution in [0.2, 0.25) is 0 Å². The Balaban J connectivity index is 2.76. The maximum atomic E-state index is 13.9. The molecule has 0 bridgehead atoms. The maximum Gasteiger partial charge on any atom is 0.144 e. The van der Waals surface area contributed by atoms with E-state index in [1.807, 2.05) is 13.8 Å². The summed E-state index contributed by atoms with van der Waals surface area (Å²) in [7, 11) is 0. The summed E-state index contributed by atoms with van der Waals surface area (Å²) in [6, 6.07) is 0.367. The van der Waals surface area contributed by atoms with E-state index in [0.717, 1.165) is 6.54 Å². The first-order valence-corrected chi connectivity index (χ1v) is 5.29. The van der Waals surface area contributed by atoms with Crippen molar-refractivity contribution in [1.29, 1.82) is 0 Å². The molecule has 0 radical (unpaired) electrons. The molecule has 14 heavy (non-hydrogen) atoms. The lowest BCUT2D eigenvalue weighted by Gasteiger charge is -2.32. The molecule has 2 nitrogen and oxygen atoms in total. The third-order valence-corrected chi connectivity index (χ3v) is 2.61. The zero-order valence-electron chi connectivity index (χ0n) is 9.93. The van der Waals surface area contributed by atoms with Crippen molar-refractivity contribution in [2.75, 3.05) is 19.7 Å². The second kappa shape index (κ2) is 3.78. The molecule has 3 heteroatoms. The van der Waals surface area contributed by atoms with Gasteiger partial charge in [-0.15, -0.1) is 0 Å². The van der Waals surface area contributed by atoms with Gasteiger partial charge in [0.15, 0.2) is 0 Å². The second-order valence-electron chi connectivity index (χ2n) is 5.46. The smallest absolute Gasteiger partial charge is 0.144 e. The van der Waals surface area contributed by atoms with Gasteiger partial charge in [0.25, 0.3) is 0 Å². The lowest BCUT2D eigenvalue weighted by Crippen LogP contribution is -2.44. The molecule has 1 heterocycles. The fraction of sp³-hybridized carbons (Fsp3) is 1.00. The average molecular weight is 203 g/mol. The van der Waals surface area contributed by atoms with Gasteiger partial charge in [0, 0.05) is 19.1 Å². The number of nitrogens with zero attached hydrogens (tertiary/aromatic N) is 1. The highest BCUT2D eigenvalue weighted by Gasteiger charge is 2.37. The highest BCUT2D eigenvalue weighted by molar-refractivity contribution is 4.88. The number of hydrogen-bond donors (Lipinski definition) is 0. The molecule has 1 aliphatic rings. The van der Waals surface area contributed by atoms with Crippen LogP contribution in [0.1, 0.15) is 34.6 Å². The van der Waals surface area contributed by atoms with Crippen LogP contribution >= 0.6 is 0 Å².